The number of thiophene rings is 1. The predicted molar refractivity (Wildman–Crippen MR) is 107 cm³/mol. The van der Waals surface area contributed by atoms with Gasteiger partial charge in [-0.2, -0.15) is 0 Å². The molecule has 0 saturated carbocycles. The Morgan fingerprint density at radius 3 is 2.52 bits per heavy atom. The van der Waals surface area contributed by atoms with Crippen molar-refractivity contribution >= 4 is 44.6 Å². The van der Waals surface area contributed by atoms with E-state index in [1.165, 1.54) is 45.6 Å². The van der Waals surface area contributed by atoms with Crippen LogP contribution in [0.2, 0.25) is 5.02 Å². The third kappa shape index (κ3) is 4.31. The molecule has 0 radical (unpaired) electrons. The van der Waals surface area contributed by atoms with E-state index in [1.807, 2.05) is 0 Å². The van der Waals surface area contributed by atoms with Crippen molar-refractivity contribution in [1.29, 1.82) is 0 Å². The van der Waals surface area contributed by atoms with Crippen LogP contribution in [0.25, 0.3) is 10.6 Å². The highest BCUT2D eigenvalue weighted by Crippen LogP contribution is 2.38. The molecule has 0 atom stereocenters. The maximum Gasteiger partial charge on any atom is 0.360 e. The van der Waals surface area contributed by atoms with E-state index >= 15 is 0 Å². The summed E-state index contributed by atoms with van der Waals surface area (Å²) >= 11 is 7.02. The van der Waals surface area contributed by atoms with Crippen molar-refractivity contribution in [2.75, 3.05) is 26.1 Å². The van der Waals surface area contributed by atoms with E-state index in [1.54, 1.807) is 6.07 Å². The third-order valence-corrected chi connectivity index (χ3v) is 6.96. The zero-order chi connectivity index (χ0) is 21.2. The Balaban J connectivity index is 1.89. The van der Waals surface area contributed by atoms with Crippen LogP contribution in [0.4, 0.5) is 5.69 Å². The predicted octanol–water partition coefficient (Wildman–Crippen LogP) is 3.66. The van der Waals surface area contributed by atoms with Gasteiger partial charge >= 0.3 is 5.97 Å². The normalized spacial score (nSPS) is 11.2. The first kappa shape index (κ1) is 21.0. The van der Waals surface area contributed by atoms with Gasteiger partial charge in [0.05, 0.1) is 36.9 Å². The van der Waals surface area contributed by atoms with E-state index in [4.69, 9.17) is 25.6 Å². The van der Waals surface area contributed by atoms with Crippen molar-refractivity contribution in [3.05, 3.63) is 41.0 Å². The molecule has 1 N–H and O–H groups in total. The molecule has 0 aliphatic heterocycles. The van der Waals surface area contributed by atoms with Crippen LogP contribution in [-0.4, -0.2) is 40.9 Å². The SMILES string of the molecule is COC(=O)c1cc(-c2ccc(S(=O)(=O)Nc3cc(Cl)c(OC)cc3OC)s2)on1. The number of carbonyl (C=O) groups is 1. The lowest BCUT2D eigenvalue weighted by Crippen LogP contribution is -2.12. The van der Waals surface area contributed by atoms with Gasteiger partial charge in [-0.15, -0.1) is 11.3 Å². The molecule has 0 saturated heterocycles. The number of nitrogens with zero attached hydrogens (tertiary/aromatic N) is 1. The highest BCUT2D eigenvalue weighted by Gasteiger charge is 2.22. The number of aromatic nitrogens is 1. The molecule has 9 nitrogen and oxygen atoms in total. The lowest BCUT2D eigenvalue weighted by Gasteiger charge is -2.13. The standard InChI is InChI=1S/C17H15ClN2O7S2/c1-24-12-8-13(25-2)10(6-9(12)18)20-29(22,23)16-5-4-15(28-16)14-7-11(19-27-14)17(21)26-3/h4-8,20H,1-3H3. The summed E-state index contributed by atoms with van der Waals surface area (Å²) in [6.45, 7) is 0. The number of methoxy groups -OCH3 is 3. The number of hydrogen-bond acceptors (Lipinski definition) is 9. The average Bonchev–Trinajstić information content (AvgIpc) is 3.37. The second kappa shape index (κ2) is 8.31. The molecule has 0 fully saturated rings. The molecule has 1 aromatic carbocycles. The number of carbonyl (C=O) groups excluding carboxylic acids is 1. The monoisotopic (exact) mass is 458 g/mol. The number of rotatable bonds is 7. The number of anilines is 1. The van der Waals surface area contributed by atoms with Gasteiger partial charge in [0.15, 0.2) is 11.5 Å². The maximum absolute atomic E-state index is 12.8. The van der Waals surface area contributed by atoms with Gasteiger partial charge in [0.1, 0.15) is 15.7 Å². The van der Waals surface area contributed by atoms with Gasteiger partial charge < -0.3 is 18.7 Å². The number of esters is 1. The fraction of sp³-hybridized carbons (Fsp3) is 0.176. The molecule has 0 unspecified atom stereocenters. The molecule has 3 rings (SSSR count). The Bertz CT molecular complexity index is 1150. The van der Waals surface area contributed by atoms with Crippen molar-refractivity contribution in [3.63, 3.8) is 0 Å². The molecule has 0 aliphatic rings. The van der Waals surface area contributed by atoms with Crippen molar-refractivity contribution in [2.24, 2.45) is 0 Å². The Morgan fingerprint density at radius 1 is 1.14 bits per heavy atom. The minimum atomic E-state index is -3.95. The van der Waals surface area contributed by atoms with Crippen LogP contribution in [0.5, 0.6) is 11.5 Å². The van der Waals surface area contributed by atoms with E-state index < -0.39 is 16.0 Å². The van der Waals surface area contributed by atoms with Crippen LogP contribution < -0.4 is 14.2 Å². The van der Waals surface area contributed by atoms with E-state index in [9.17, 15) is 13.2 Å². The summed E-state index contributed by atoms with van der Waals surface area (Å²) < 4.78 is 48.0. The summed E-state index contributed by atoms with van der Waals surface area (Å²) in [6, 6.07) is 7.18. The Morgan fingerprint density at radius 2 is 1.86 bits per heavy atom. The molecular weight excluding hydrogens is 444 g/mol. The molecule has 3 aromatic rings. The number of nitrogens with one attached hydrogen (secondary N) is 1. The lowest BCUT2D eigenvalue weighted by molar-refractivity contribution is 0.0589. The van der Waals surface area contributed by atoms with Gasteiger partial charge in [-0.25, -0.2) is 13.2 Å². The summed E-state index contributed by atoms with van der Waals surface area (Å²) in [5, 5.41) is 3.82. The smallest absolute Gasteiger partial charge is 0.360 e. The largest absolute Gasteiger partial charge is 0.495 e. The first-order chi connectivity index (χ1) is 13.8. The van der Waals surface area contributed by atoms with Crippen LogP contribution in [0.1, 0.15) is 10.5 Å². The Kier molecular flexibility index (Phi) is 6.01. The molecule has 0 aliphatic carbocycles. The number of sulfonamides is 1. The van der Waals surface area contributed by atoms with Crippen molar-refractivity contribution < 1.29 is 31.9 Å². The van der Waals surface area contributed by atoms with E-state index in [0.29, 0.717) is 10.6 Å². The highest BCUT2D eigenvalue weighted by atomic mass is 35.5. The molecule has 0 amide bonds. The molecule has 0 bridgehead atoms. The zero-order valence-electron chi connectivity index (χ0n) is 15.4. The molecule has 2 heterocycles. The van der Waals surface area contributed by atoms with Crippen molar-refractivity contribution in [3.8, 4) is 22.1 Å². The number of benzene rings is 1. The summed E-state index contributed by atoms with van der Waals surface area (Å²) in [4.78, 5) is 11.9. The highest BCUT2D eigenvalue weighted by molar-refractivity contribution is 7.94. The maximum atomic E-state index is 12.8. The molecular formula is C17H15ClN2O7S2. The van der Waals surface area contributed by atoms with Crippen molar-refractivity contribution in [2.45, 2.75) is 4.21 Å². The third-order valence-electron chi connectivity index (χ3n) is 3.71. The fourth-order valence-electron chi connectivity index (χ4n) is 2.32. The summed E-state index contributed by atoms with van der Waals surface area (Å²) in [7, 11) is 0.105. The van der Waals surface area contributed by atoms with Gasteiger partial charge in [0, 0.05) is 12.1 Å². The van der Waals surface area contributed by atoms with Gasteiger partial charge in [-0.3, -0.25) is 4.72 Å². The van der Waals surface area contributed by atoms with Crippen LogP contribution in [0.15, 0.2) is 39.1 Å². The molecule has 12 heteroatoms. The first-order valence-corrected chi connectivity index (χ1v) is 10.6. The van der Waals surface area contributed by atoms with Crippen molar-refractivity contribution in [1.82, 2.24) is 5.16 Å². The number of halogens is 1. The van der Waals surface area contributed by atoms with E-state index in [0.717, 1.165) is 11.3 Å². The number of ether oxygens (including phenoxy) is 3. The van der Waals surface area contributed by atoms with Gasteiger partial charge in [0.25, 0.3) is 10.0 Å². The average molecular weight is 459 g/mol. The zero-order valence-corrected chi connectivity index (χ0v) is 17.8. The molecule has 154 valence electrons. The molecule has 29 heavy (non-hydrogen) atoms. The summed E-state index contributed by atoms with van der Waals surface area (Å²) in [6.07, 6.45) is 0. The van der Waals surface area contributed by atoms with Crippen LogP contribution in [0.3, 0.4) is 0 Å². The minimum absolute atomic E-state index is 0.0116. The topological polar surface area (TPSA) is 117 Å². The first-order valence-electron chi connectivity index (χ1n) is 7.88. The lowest BCUT2D eigenvalue weighted by atomic mass is 10.3. The minimum Gasteiger partial charge on any atom is -0.495 e. The molecule has 0 spiro atoms. The van der Waals surface area contributed by atoms with Gasteiger partial charge in [0.2, 0.25) is 0 Å². The van der Waals surface area contributed by atoms with E-state index in [-0.39, 0.29) is 32.1 Å². The van der Waals surface area contributed by atoms with Gasteiger partial charge in [-0.05, 0) is 18.2 Å². The van der Waals surface area contributed by atoms with Crippen LogP contribution in [0, 0.1) is 0 Å². The fourth-order valence-corrected chi connectivity index (χ4v) is 4.88. The number of hydrogen-bond donors (Lipinski definition) is 1. The molecule has 2 aromatic heterocycles. The van der Waals surface area contributed by atoms with Crippen LogP contribution >= 0.6 is 22.9 Å². The van der Waals surface area contributed by atoms with E-state index in [2.05, 4.69) is 14.6 Å². The quantitative estimate of drug-likeness (QED) is 0.533. The summed E-state index contributed by atoms with van der Waals surface area (Å²) in [5.41, 5.74) is 0.136. The Hall–Kier alpha value is -2.76. The second-order valence-corrected chi connectivity index (χ2v) is 8.88. The van der Waals surface area contributed by atoms with Gasteiger partial charge in [-0.1, -0.05) is 16.8 Å². The van der Waals surface area contributed by atoms with Crippen LogP contribution in [-0.2, 0) is 14.8 Å². The Labute approximate surface area is 175 Å². The summed E-state index contributed by atoms with van der Waals surface area (Å²) in [5.74, 6) is 0.164. The second-order valence-electron chi connectivity index (χ2n) is 5.48.